The van der Waals surface area contributed by atoms with E-state index in [0.29, 0.717) is 31.2 Å². The molecule has 4 heterocycles. The lowest BCUT2D eigenvalue weighted by Gasteiger charge is -2.40. The number of hydroxylamine groups is 1. The largest absolute Gasteiger partial charge is 0.493 e. The predicted molar refractivity (Wildman–Crippen MR) is 140 cm³/mol. The van der Waals surface area contributed by atoms with Crippen LogP contribution in [0.4, 0.5) is 24.7 Å². The van der Waals surface area contributed by atoms with E-state index in [-0.39, 0.29) is 24.5 Å². The van der Waals surface area contributed by atoms with Crippen molar-refractivity contribution in [2.45, 2.75) is 32.1 Å². The van der Waals surface area contributed by atoms with Crippen LogP contribution >= 0.6 is 0 Å². The topological polar surface area (TPSA) is 111 Å². The molecule has 1 aromatic carbocycles. The summed E-state index contributed by atoms with van der Waals surface area (Å²) in [5.74, 6) is 2.41. The maximum Gasteiger partial charge on any atom is 0.493 e. The van der Waals surface area contributed by atoms with Crippen LogP contribution in [-0.4, -0.2) is 71.5 Å². The molecule has 1 saturated heterocycles. The molecule has 5 rings (SSSR count). The third-order valence-electron chi connectivity index (χ3n) is 6.75. The fraction of sp³-hybridized carbons (Fsp3) is 0.423. The van der Waals surface area contributed by atoms with Gasteiger partial charge in [0.05, 0.1) is 6.54 Å². The van der Waals surface area contributed by atoms with E-state index in [1.807, 2.05) is 30.3 Å². The van der Waals surface area contributed by atoms with Crippen LogP contribution in [0.15, 0.2) is 46.2 Å². The Hall–Kier alpha value is -4.42. The van der Waals surface area contributed by atoms with Crippen molar-refractivity contribution in [2.75, 3.05) is 42.7 Å². The fourth-order valence-electron chi connectivity index (χ4n) is 4.83. The second-order valence-corrected chi connectivity index (χ2v) is 9.37. The second kappa shape index (κ2) is 11.2. The van der Waals surface area contributed by atoms with Gasteiger partial charge in [-0.05, 0) is 12.5 Å². The van der Waals surface area contributed by atoms with Gasteiger partial charge in [-0.3, -0.25) is 14.3 Å². The van der Waals surface area contributed by atoms with Crippen LogP contribution in [0, 0.1) is 11.8 Å². The van der Waals surface area contributed by atoms with Crippen molar-refractivity contribution in [3.8, 4) is 11.8 Å². The van der Waals surface area contributed by atoms with Crippen molar-refractivity contribution in [2.24, 2.45) is 7.05 Å². The molecular weight excluding hydrogens is 549 g/mol. The first kappa shape index (κ1) is 28.1. The SMILES string of the molecule is CC#CCN1c2c(n(C3=COC(Cc4ccccc4)O3)c(=O)n(C)c2=O)N(OC(=O)C(F)(F)F)C1N1CCNCC1. The predicted octanol–water partition coefficient (Wildman–Crippen LogP) is 0.778. The number of fused-ring (bicyclic) bond motifs is 1. The van der Waals surface area contributed by atoms with Crippen molar-refractivity contribution in [1.82, 2.24) is 19.4 Å². The number of aromatic nitrogens is 2. The minimum Gasteiger partial charge on any atom is -0.456 e. The number of halogens is 3. The summed E-state index contributed by atoms with van der Waals surface area (Å²) in [5, 5.41) is 3.79. The molecule has 0 radical (unpaired) electrons. The Balaban J connectivity index is 1.65. The molecule has 3 aliphatic rings. The molecule has 0 bridgehead atoms. The highest BCUT2D eigenvalue weighted by Gasteiger charge is 2.51. The van der Waals surface area contributed by atoms with Gasteiger partial charge >= 0.3 is 17.8 Å². The van der Waals surface area contributed by atoms with Crippen molar-refractivity contribution in [3.05, 3.63) is 63.0 Å². The van der Waals surface area contributed by atoms with Crippen LogP contribution in [0.3, 0.4) is 0 Å². The van der Waals surface area contributed by atoms with Crippen molar-refractivity contribution < 1.29 is 32.3 Å². The Kier molecular flexibility index (Phi) is 7.70. The summed E-state index contributed by atoms with van der Waals surface area (Å²) in [6, 6.07) is 9.21. The number of benzene rings is 1. The number of piperazine rings is 1. The Morgan fingerprint density at radius 2 is 1.88 bits per heavy atom. The normalized spacial score (nSPS) is 20.5. The average Bonchev–Trinajstić information content (AvgIpc) is 3.54. The molecule has 0 amide bonds. The molecule has 218 valence electrons. The highest BCUT2D eigenvalue weighted by Crippen LogP contribution is 2.40. The first-order valence-electron chi connectivity index (χ1n) is 12.7. The number of anilines is 2. The zero-order valence-electron chi connectivity index (χ0n) is 22.2. The highest BCUT2D eigenvalue weighted by molar-refractivity contribution is 5.81. The van der Waals surface area contributed by atoms with Gasteiger partial charge in [0.25, 0.3) is 5.56 Å². The van der Waals surface area contributed by atoms with Gasteiger partial charge in [-0.2, -0.15) is 13.2 Å². The zero-order chi connectivity index (χ0) is 29.3. The Morgan fingerprint density at radius 3 is 2.54 bits per heavy atom. The summed E-state index contributed by atoms with van der Waals surface area (Å²) in [6.07, 6.45) is -6.02. The number of carbonyl (C=O) groups excluding carboxylic acids is 1. The van der Waals surface area contributed by atoms with Crippen LogP contribution < -0.4 is 26.5 Å². The minimum atomic E-state index is -5.36. The molecule has 1 aromatic heterocycles. The molecule has 0 saturated carbocycles. The number of rotatable bonds is 6. The lowest BCUT2D eigenvalue weighted by Crippen LogP contribution is -2.61. The van der Waals surface area contributed by atoms with Gasteiger partial charge in [-0.1, -0.05) is 36.3 Å². The van der Waals surface area contributed by atoms with Crippen molar-refractivity contribution in [1.29, 1.82) is 0 Å². The molecule has 12 nitrogen and oxygen atoms in total. The summed E-state index contributed by atoms with van der Waals surface area (Å²) in [5.41, 5.74) is -1.08. The lowest BCUT2D eigenvalue weighted by molar-refractivity contribution is -0.203. The minimum absolute atomic E-state index is 0.112. The molecule has 0 spiro atoms. The van der Waals surface area contributed by atoms with Crippen LogP contribution in [0.25, 0.3) is 5.88 Å². The van der Waals surface area contributed by atoms with Gasteiger partial charge in [-0.15, -0.1) is 11.0 Å². The highest BCUT2D eigenvalue weighted by atomic mass is 19.4. The quantitative estimate of drug-likeness (QED) is 0.496. The van der Waals surface area contributed by atoms with Gasteiger partial charge in [0.1, 0.15) is 6.26 Å². The van der Waals surface area contributed by atoms with Gasteiger partial charge in [0.2, 0.25) is 12.2 Å². The average molecular weight is 577 g/mol. The lowest BCUT2D eigenvalue weighted by atomic mass is 10.1. The second-order valence-electron chi connectivity index (χ2n) is 9.37. The molecule has 2 unspecified atom stereocenters. The summed E-state index contributed by atoms with van der Waals surface area (Å²) in [7, 11) is 1.23. The van der Waals surface area contributed by atoms with Crippen molar-refractivity contribution in [3.63, 3.8) is 0 Å². The van der Waals surface area contributed by atoms with E-state index in [0.717, 1.165) is 21.0 Å². The molecule has 2 aromatic rings. The third kappa shape index (κ3) is 5.35. The van der Waals surface area contributed by atoms with E-state index in [2.05, 4.69) is 17.2 Å². The number of carbonyl (C=O) groups is 1. The first-order valence-corrected chi connectivity index (χ1v) is 12.7. The number of alkyl halides is 3. The number of nitrogens with one attached hydrogen (secondary N) is 1. The van der Waals surface area contributed by atoms with Gasteiger partial charge in [0.15, 0.2) is 17.8 Å². The van der Waals surface area contributed by atoms with Gasteiger partial charge < -0.3 is 24.5 Å². The molecule has 2 atom stereocenters. The maximum atomic E-state index is 13.5. The van der Waals surface area contributed by atoms with E-state index in [9.17, 15) is 27.6 Å². The van der Waals surface area contributed by atoms with Gasteiger partial charge in [0, 0.05) is 39.6 Å². The van der Waals surface area contributed by atoms with Crippen LogP contribution in [0.1, 0.15) is 12.5 Å². The standard InChI is InChI=1S/C26H27F3N6O6/c1-3-4-12-33-20-21(35(41-23(37)26(27,28)29)24(33)32-13-10-30-11-14-32)34(25(38)31(2)22(20)36)18-16-39-19(40-18)15-17-8-6-5-7-9-17/h5-9,16,19,24,30H,10-15H2,1-2H3. The maximum absolute atomic E-state index is 13.5. The molecule has 41 heavy (non-hydrogen) atoms. The number of hydrogen-bond acceptors (Lipinski definition) is 10. The summed E-state index contributed by atoms with van der Waals surface area (Å²) in [4.78, 5) is 47.3. The fourth-order valence-corrected chi connectivity index (χ4v) is 4.83. The zero-order valence-corrected chi connectivity index (χ0v) is 22.2. The smallest absolute Gasteiger partial charge is 0.456 e. The summed E-state index contributed by atoms with van der Waals surface area (Å²) in [6.45, 7) is 3.09. The Labute approximate surface area is 232 Å². The molecule has 0 aliphatic carbocycles. The monoisotopic (exact) mass is 576 g/mol. The molecular formula is C26H27F3N6O6. The van der Waals surface area contributed by atoms with E-state index in [1.54, 1.807) is 11.8 Å². The first-order chi connectivity index (χ1) is 19.6. The summed E-state index contributed by atoms with van der Waals surface area (Å²) < 4.78 is 53.6. The molecule has 1 N–H and O–H groups in total. The third-order valence-corrected chi connectivity index (χ3v) is 6.75. The van der Waals surface area contributed by atoms with Crippen LogP contribution in [-0.2, 0) is 32.6 Å². The van der Waals surface area contributed by atoms with Crippen LogP contribution in [0.5, 0.6) is 0 Å². The molecule has 3 aliphatic heterocycles. The Bertz CT molecular complexity index is 1520. The molecule has 1 fully saturated rings. The van der Waals surface area contributed by atoms with E-state index in [1.165, 1.54) is 11.9 Å². The van der Waals surface area contributed by atoms with E-state index >= 15 is 0 Å². The number of nitrogens with zero attached hydrogens (tertiary/aromatic N) is 5. The molecule has 15 heteroatoms. The summed E-state index contributed by atoms with van der Waals surface area (Å²) >= 11 is 0. The number of hydrogen-bond donors (Lipinski definition) is 1. The van der Waals surface area contributed by atoms with Crippen molar-refractivity contribution >= 4 is 23.4 Å². The van der Waals surface area contributed by atoms with E-state index < -0.39 is 41.8 Å². The van der Waals surface area contributed by atoms with Gasteiger partial charge in [-0.25, -0.2) is 14.2 Å². The van der Waals surface area contributed by atoms with E-state index in [4.69, 9.17) is 14.3 Å². The van der Waals surface area contributed by atoms with Crippen LogP contribution in [0.2, 0.25) is 0 Å². The Morgan fingerprint density at radius 1 is 1.17 bits per heavy atom. The number of ether oxygens (including phenoxy) is 2.